The number of hydrogen-bond donors (Lipinski definition) is 1. The van der Waals surface area contributed by atoms with E-state index in [2.05, 4.69) is 47.6 Å². The van der Waals surface area contributed by atoms with Gasteiger partial charge in [0.15, 0.2) is 0 Å². The summed E-state index contributed by atoms with van der Waals surface area (Å²) in [6.07, 6.45) is 1.15. The maximum atomic E-state index is 5.44. The second-order valence-electron chi connectivity index (χ2n) is 4.71. The molecule has 1 N–H and O–H groups in total. The number of hydrogen-bond acceptors (Lipinski definition) is 3. The van der Waals surface area contributed by atoms with Crippen LogP contribution >= 0.6 is 0 Å². The Morgan fingerprint density at radius 1 is 1.41 bits per heavy atom. The summed E-state index contributed by atoms with van der Waals surface area (Å²) in [4.78, 5) is 2.40. The van der Waals surface area contributed by atoms with E-state index in [0.717, 1.165) is 26.2 Å². The summed E-state index contributed by atoms with van der Waals surface area (Å²) >= 11 is 0. The molecule has 1 aromatic rings. The molecule has 0 aliphatic carbocycles. The van der Waals surface area contributed by atoms with Gasteiger partial charge in [-0.2, -0.15) is 0 Å². The van der Waals surface area contributed by atoms with Gasteiger partial charge in [0, 0.05) is 25.2 Å². The van der Waals surface area contributed by atoms with E-state index < -0.39 is 0 Å². The lowest BCUT2D eigenvalue weighted by Gasteiger charge is -2.28. The zero-order valence-electron chi connectivity index (χ0n) is 10.7. The third-order valence-electron chi connectivity index (χ3n) is 3.55. The minimum Gasteiger partial charge on any atom is -0.380 e. The molecule has 1 aliphatic rings. The SMILES string of the molecule is CNC(CN(C)C1CCOC1)c1ccccc1. The Morgan fingerprint density at radius 3 is 2.76 bits per heavy atom. The largest absolute Gasteiger partial charge is 0.380 e. The average Bonchev–Trinajstić information content (AvgIpc) is 2.90. The first kappa shape index (κ1) is 12.6. The van der Waals surface area contributed by atoms with Gasteiger partial charge in [-0.1, -0.05) is 30.3 Å². The second-order valence-corrected chi connectivity index (χ2v) is 4.71. The zero-order valence-corrected chi connectivity index (χ0v) is 10.7. The van der Waals surface area contributed by atoms with Crippen molar-refractivity contribution in [2.45, 2.75) is 18.5 Å². The van der Waals surface area contributed by atoms with Gasteiger partial charge in [-0.15, -0.1) is 0 Å². The molecule has 1 heterocycles. The van der Waals surface area contributed by atoms with Crippen LogP contribution in [0.25, 0.3) is 0 Å². The average molecular weight is 234 g/mol. The van der Waals surface area contributed by atoms with Gasteiger partial charge in [0.25, 0.3) is 0 Å². The Morgan fingerprint density at radius 2 is 2.18 bits per heavy atom. The summed E-state index contributed by atoms with van der Waals surface area (Å²) < 4.78 is 5.44. The topological polar surface area (TPSA) is 24.5 Å². The van der Waals surface area contributed by atoms with Crippen LogP contribution in [0, 0.1) is 0 Å². The van der Waals surface area contributed by atoms with Crippen LogP contribution < -0.4 is 5.32 Å². The molecule has 1 aliphatic heterocycles. The van der Waals surface area contributed by atoms with Crippen molar-refractivity contribution < 1.29 is 4.74 Å². The molecule has 0 spiro atoms. The predicted molar refractivity (Wildman–Crippen MR) is 70.1 cm³/mol. The molecular formula is C14H22N2O. The van der Waals surface area contributed by atoms with E-state index in [1.54, 1.807) is 0 Å². The van der Waals surface area contributed by atoms with Crippen LogP contribution in [-0.2, 0) is 4.74 Å². The maximum Gasteiger partial charge on any atom is 0.0622 e. The molecule has 1 saturated heterocycles. The molecule has 0 saturated carbocycles. The second kappa shape index (κ2) is 6.15. The number of nitrogens with zero attached hydrogens (tertiary/aromatic N) is 1. The molecule has 3 heteroatoms. The molecular weight excluding hydrogens is 212 g/mol. The molecule has 3 nitrogen and oxygen atoms in total. The molecule has 1 fully saturated rings. The van der Waals surface area contributed by atoms with E-state index in [9.17, 15) is 0 Å². The zero-order chi connectivity index (χ0) is 12.1. The highest BCUT2D eigenvalue weighted by Gasteiger charge is 2.22. The molecule has 0 aromatic heterocycles. The molecule has 0 radical (unpaired) electrons. The van der Waals surface area contributed by atoms with Crippen LogP contribution in [0.15, 0.2) is 30.3 Å². The minimum atomic E-state index is 0.391. The minimum absolute atomic E-state index is 0.391. The standard InChI is InChI=1S/C14H22N2O/c1-15-14(12-6-4-3-5-7-12)10-16(2)13-8-9-17-11-13/h3-7,13-15H,8-11H2,1-2H3. The van der Waals surface area contributed by atoms with Gasteiger partial charge < -0.3 is 10.1 Å². The van der Waals surface area contributed by atoms with Crippen LogP contribution in [0.1, 0.15) is 18.0 Å². The quantitative estimate of drug-likeness (QED) is 0.838. The van der Waals surface area contributed by atoms with Crippen molar-refractivity contribution in [2.75, 3.05) is 33.9 Å². The fourth-order valence-electron chi connectivity index (χ4n) is 2.36. The van der Waals surface area contributed by atoms with E-state index in [4.69, 9.17) is 4.74 Å². The van der Waals surface area contributed by atoms with E-state index in [1.165, 1.54) is 5.56 Å². The van der Waals surface area contributed by atoms with Gasteiger partial charge in [-0.25, -0.2) is 0 Å². The molecule has 0 amide bonds. The van der Waals surface area contributed by atoms with Gasteiger partial charge in [0.1, 0.15) is 0 Å². The fraction of sp³-hybridized carbons (Fsp3) is 0.571. The Labute approximate surface area is 104 Å². The monoisotopic (exact) mass is 234 g/mol. The lowest BCUT2D eigenvalue weighted by molar-refractivity contribution is 0.153. The van der Waals surface area contributed by atoms with Crippen molar-refractivity contribution in [1.82, 2.24) is 10.2 Å². The third-order valence-corrected chi connectivity index (χ3v) is 3.55. The Kier molecular flexibility index (Phi) is 4.54. The highest BCUT2D eigenvalue weighted by Crippen LogP contribution is 2.17. The maximum absolute atomic E-state index is 5.44. The van der Waals surface area contributed by atoms with Gasteiger partial charge in [-0.05, 0) is 26.1 Å². The molecule has 0 bridgehead atoms. The molecule has 2 unspecified atom stereocenters. The number of benzene rings is 1. The summed E-state index contributed by atoms with van der Waals surface area (Å²) in [6, 6.07) is 11.6. The van der Waals surface area contributed by atoms with Crippen molar-refractivity contribution >= 4 is 0 Å². The van der Waals surface area contributed by atoms with Crippen LogP contribution in [0.4, 0.5) is 0 Å². The van der Waals surface area contributed by atoms with E-state index >= 15 is 0 Å². The predicted octanol–water partition coefficient (Wildman–Crippen LogP) is 1.67. The summed E-state index contributed by atoms with van der Waals surface area (Å²) in [5.41, 5.74) is 1.35. The number of ether oxygens (including phenoxy) is 1. The molecule has 2 rings (SSSR count). The Hall–Kier alpha value is -0.900. The van der Waals surface area contributed by atoms with Crippen molar-refractivity contribution in [1.29, 1.82) is 0 Å². The first-order chi connectivity index (χ1) is 8.31. The van der Waals surface area contributed by atoms with E-state index in [0.29, 0.717) is 12.1 Å². The van der Waals surface area contributed by atoms with Crippen molar-refractivity contribution in [2.24, 2.45) is 0 Å². The summed E-state index contributed by atoms with van der Waals surface area (Å²) in [5, 5.41) is 3.39. The first-order valence-electron chi connectivity index (χ1n) is 6.31. The van der Waals surface area contributed by atoms with Gasteiger partial charge in [-0.3, -0.25) is 4.90 Å². The number of nitrogens with one attached hydrogen (secondary N) is 1. The van der Waals surface area contributed by atoms with Gasteiger partial charge >= 0.3 is 0 Å². The van der Waals surface area contributed by atoms with Gasteiger partial charge in [0.2, 0.25) is 0 Å². The lowest BCUT2D eigenvalue weighted by Crippen LogP contribution is -2.38. The Balaban J connectivity index is 1.95. The first-order valence-corrected chi connectivity index (χ1v) is 6.31. The molecule has 2 atom stereocenters. The number of rotatable bonds is 5. The van der Waals surface area contributed by atoms with Crippen molar-refractivity contribution in [3.63, 3.8) is 0 Å². The smallest absolute Gasteiger partial charge is 0.0622 e. The third kappa shape index (κ3) is 3.28. The van der Waals surface area contributed by atoms with E-state index in [-0.39, 0.29) is 0 Å². The normalized spacial score (nSPS) is 21.9. The number of likely N-dealkylation sites (N-methyl/N-ethyl adjacent to an activating group) is 2. The van der Waals surface area contributed by atoms with Crippen LogP contribution in [0.5, 0.6) is 0 Å². The molecule has 94 valence electrons. The Bertz CT molecular complexity index is 322. The summed E-state index contributed by atoms with van der Waals surface area (Å²) in [5.74, 6) is 0. The molecule has 1 aromatic carbocycles. The van der Waals surface area contributed by atoms with Crippen molar-refractivity contribution in [3.8, 4) is 0 Å². The molecule has 17 heavy (non-hydrogen) atoms. The highest BCUT2D eigenvalue weighted by atomic mass is 16.5. The van der Waals surface area contributed by atoms with Crippen LogP contribution in [-0.4, -0.2) is 44.8 Å². The lowest BCUT2D eigenvalue weighted by atomic mass is 10.1. The van der Waals surface area contributed by atoms with Gasteiger partial charge in [0.05, 0.1) is 6.61 Å². The van der Waals surface area contributed by atoms with Crippen LogP contribution in [0.3, 0.4) is 0 Å². The van der Waals surface area contributed by atoms with E-state index in [1.807, 2.05) is 7.05 Å². The summed E-state index contributed by atoms with van der Waals surface area (Å²) in [6.45, 7) is 2.81. The van der Waals surface area contributed by atoms with Crippen molar-refractivity contribution in [3.05, 3.63) is 35.9 Å². The highest BCUT2D eigenvalue weighted by molar-refractivity contribution is 5.19. The fourth-order valence-corrected chi connectivity index (χ4v) is 2.36. The summed E-state index contributed by atoms with van der Waals surface area (Å²) in [7, 11) is 4.21. The van der Waals surface area contributed by atoms with Crippen LogP contribution in [0.2, 0.25) is 0 Å².